The minimum Gasteiger partial charge on any atom is -0.494 e. The molecule has 3 heterocycles. The van der Waals surface area contributed by atoms with Gasteiger partial charge in [-0.2, -0.15) is 0 Å². The summed E-state index contributed by atoms with van der Waals surface area (Å²) in [6.07, 6.45) is 0. The maximum absolute atomic E-state index is 13.8. The van der Waals surface area contributed by atoms with E-state index in [1.165, 1.54) is 11.3 Å². The number of carbonyl (C=O) groups is 1. The number of hydrogen-bond acceptors (Lipinski definition) is 8. The molecule has 0 bridgehead atoms. The van der Waals surface area contributed by atoms with E-state index in [2.05, 4.69) is 4.90 Å². The number of amides is 1. The Bertz CT molecular complexity index is 1330. The lowest BCUT2D eigenvalue weighted by molar-refractivity contribution is 0.0390. The summed E-state index contributed by atoms with van der Waals surface area (Å²) >= 11 is 7.80. The van der Waals surface area contributed by atoms with Crippen LogP contribution in [0.15, 0.2) is 40.8 Å². The fourth-order valence-electron chi connectivity index (χ4n) is 4.01. The van der Waals surface area contributed by atoms with Gasteiger partial charge >= 0.3 is 0 Å². The first-order chi connectivity index (χ1) is 16.6. The molecule has 5 rings (SSSR count). The minimum absolute atomic E-state index is 0.221. The van der Waals surface area contributed by atoms with Crippen molar-refractivity contribution in [1.82, 2.24) is 9.88 Å². The highest BCUT2D eigenvalue weighted by Gasteiger charge is 2.27. The minimum atomic E-state index is -0.277. The predicted molar refractivity (Wildman–Crippen MR) is 133 cm³/mol. The number of hydrogen-bond donors (Lipinski definition) is 0. The Morgan fingerprint density at radius 1 is 1.18 bits per heavy atom. The number of nitrogens with zero attached hydrogens (tertiary/aromatic N) is 3. The Kier molecular flexibility index (Phi) is 6.60. The Labute approximate surface area is 205 Å². The van der Waals surface area contributed by atoms with Crippen molar-refractivity contribution in [2.75, 3.05) is 58.5 Å². The van der Waals surface area contributed by atoms with E-state index < -0.39 is 0 Å². The zero-order chi connectivity index (χ0) is 23.7. The summed E-state index contributed by atoms with van der Waals surface area (Å²) in [5.41, 5.74) is 1.17. The lowest BCUT2D eigenvalue weighted by Gasteiger charge is -2.28. The summed E-state index contributed by atoms with van der Waals surface area (Å²) in [4.78, 5) is 22.4. The quantitative estimate of drug-likeness (QED) is 0.363. The molecule has 1 aliphatic rings. The molecule has 1 saturated heterocycles. The van der Waals surface area contributed by atoms with Gasteiger partial charge in [0.05, 0.1) is 37.2 Å². The predicted octanol–water partition coefficient (Wildman–Crippen LogP) is 4.69. The van der Waals surface area contributed by atoms with Crippen LogP contribution >= 0.6 is 22.9 Å². The molecule has 0 spiro atoms. The van der Waals surface area contributed by atoms with Gasteiger partial charge in [0.2, 0.25) is 0 Å². The van der Waals surface area contributed by atoms with Crippen molar-refractivity contribution in [3.05, 3.63) is 47.2 Å². The highest BCUT2D eigenvalue weighted by molar-refractivity contribution is 7.23. The van der Waals surface area contributed by atoms with Gasteiger partial charge in [0.25, 0.3) is 5.91 Å². The fraction of sp³-hybridized carbons (Fsp3) is 0.333. The van der Waals surface area contributed by atoms with Crippen LogP contribution in [0.25, 0.3) is 21.2 Å². The molecular formula is C24H24ClN3O5S. The number of carbonyl (C=O) groups excluding carboxylic acids is 1. The van der Waals surface area contributed by atoms with Crippen LogP contribution in [0.2, 0.25) is 5.02 Å². The third-order valence-corrected chi connectivity index (χ3v) is 7.36. The van der Waals surface area contributed by atoms with Gasteiger partial charge < -0.3 is 18.6 Å². The number of anilines is 1. The number of furan rings is 1. The highest BCUT2D eigenvalue weighted by Crippen LogP contribution is 2.39. The molecule has 178 valence electrons. The smallest absolute Gasteiger partial charge is 0.295 e. The molecular weight excluding hydrogens is 478 g/mol. The third kappa shape index (κ3) is 4.32. The van der Waals surface area contributed by atoms with Gasteiger partial charge in [-0.15, -0.1) is 0 Å². The van der Waals surface area contributed by atoms with Crippen LogP contribution in [0.3, 0.4) is 0 Å². The average molecular weight is 502 g/mol. The molecule has 0 saturated carbocycles. The second-order valence-corrected chi connectivity index (χ2v) is 9.21. The molecule has 2 aromatic carbocycles. The van der Waals surface area contributed by atoms with Crippen LogP contribution in [0.1, 0.15) is 10.6 Å². The van der Waals surface area contributed by atoms with Crippen LogP contribution in [0, 0.1) is 0 Å². The van der Waals surface area contributed by atoms with E-state index >= 15 is 0 Å². The number of aromatic nitrogens is 1. The maximum atomic E-state index is 13.8. The summed E-state index contributed by atoms with van der Waals surface area (Å²) in [7, 11) is 3.16. The normalized spacial score (nSPS) is 14.6. The van der Waals surface area contributed by atoms with E-state index in [0.717, 1.165) is 23.2 Å². The van der Waals surface area contributed by atoms with Gasteiger partial charge in [0.1, 0.15) is 11.3 Å². The number of rotatable bonds is 7. The Hall–Kier alpha value is -2.85. The number of morpholine rings is 1. The summed E-state index contributed by atoms with van der Waals surface area (Å²) in [6, 6.07) is 10.8. The van der Waals surface area contributed by atoms with Crippen molar-refractivity contribution < 1.29 is 23.4 Å². The van der Waals surface area contributed by atoms with Gasteiger partial charge in [-0.1, -0.05) is 35.1 Å². The molecule has 4 aromatic rings. The van der Waals surface area contributed by atoms with Crippen molar-refractivity contribution in [3.63, 3.8) is 0 Å². The van der Waals surface area contributed by atoms with Gasteiger partial charge in [0, 0.05) is 31.6 Å². The zero-order valence-corrected chi connectivity index (χ0v) is 20.4. The average Bonchev–Trinajstić information content (AvgIpc) is 3.50. The molecule has 0 aliphatic carbocycles. The standard InChI is InChI=1S/C24H24ClN3O5S/c1-30-17-7-6-16(25)22-20(17)26-24(34-22)28(9-8-27-10-12-32-13-11-27)23(29)19-14-15-4-3-5-18(31-2)21(15)33-19/h3-7,14H,8-13H2,1-2H3. The lowest BCUT2D eigenvalue weighted by atomic mass is 10.2. The van der Waals surface area contributed by atoms with Crippen LogP contribution in [0.5, 0.6) is 11.5 Å². The van der Waals surface area contributed by atoms with Crippen LogP contribution in [-0.2, 0) is 4.74 Å². The maximum Gasteiger partial charge on any atom is 0.295 e. The Balaban J connectivity index is 1.53. The number of ether oxygens (including phenoxy) is 3. The van der Waals surface area contributed by atoms with Crippen molar-refractivity contribution in [2.24, 2.45) is 0 Å². The molecule has 0 N–H and O–H groups in total. The molecule has 10 heteroatoms. The van der Waals surface area contributed by atoms with E-state index in [4.69, 9.17) is 35.2 Å². The van der Waals surface area contributed by atoms with Gasteiger partial charge in [0.15, 0.2) is 22.2 Å². The number of halogens is 1. The lowest BCUT2D eigenvalue weighted by Crippen LogP contribution is -2.43. The van der Waals surface area contributed by atoms with Gasteiger partial charge in [-0.05, 0) is 24.3 Å². The fourth-order valence-corrected chi connectivity index (χ4v) is 5.29. The number of para-hydroxylation sites is 1. The van der Waals surface area contributed by atoms with E-state index in [1.807, 2.05) is 12.1 Å². The Morgan fingerprint density at radius 2 is 1.97 bits per heavy atom. The molecule has 0 atom stereocenters. The van der Waals surface area contributed by atoms with E-state index in [0.29, 0.717) is 59.1 Å². The number of thiazole rings is 1. The molecule has 8 nitrogen and oxygen atoms in total. The Morgan fingerprint density at radius 3 is 2.74 bits per heavy atom. The first-order valence-electron chi connectivity index (χ1n) is 10.9. The summed E-state index contributed by atoms with van der Waals surface area (Å²) in [5, 5.41) is 1.89. The van der Waals surface area contributed by atoms with Crippen molar-refractivity contribution in [2.45, 2.75) is 0 Å². The van der Waals surface area contributed by atoms with Gasteiger partial charge in [-0.3, -0.25) is 14.6 Å². The van der Waals surface area contributed by atoms with Crippen LogP contribution < -0.4 is 14.4 Å². The number of methoxy groups -OCH3 is 2. The largest absolute Gasteiger partial charge is 0.494 e. The second-order valence-electron chi connectivity index (χ2n) is 7.82. The number of benzene rings is 2. The first-order valence-corrected chi connectivity index (χ1v) is 12.1. The summed E-state index contributed by atoms with van der Waals surface area (Å²) in [6.45, 7) is 4.13. The van der Waals surface area contributed by atoms with Crippen molar-refractivity contribution >= 4 is 55.2 Å². The van der Waals surface area contributed by atoms with E-state index in [-0.39, 0.29) is 11.7 Å². The monoisotopic (exact) mass is 501 g/mol. The molecule has 1 fully saturated rings. The van der Waals surface area contributed by atoms with Crippen LogP contribution in [-0.4, -0.2) is 69.4 Å². The first kappa shape index (κ1) is 22.9. The number of fused-ring (bicyclic) bond motifs is 2. The SMILES string of the molecule is COc1ccc(Cl)c2sc(N(CCN3CCOCC3)C(=O)c3cc4cccc(OC)c4o3)nc12. The summed E-state index contributed by atoms with van der Waals surface area (Å²) < 4.78 is 23.1. The second kappa shape index (κ2) is 9.79. The van der Waals surface area contributed by atoms with E-state index in [9.17, 15) is 4.79 Å². The molecule has 1 aliphatic heterocycles. The van der Waals surface area contributed by atoms with E-state index in [1.54, 1.807) is 43.4 Å². The highest BCUT2D eigenvalue weighted by atomic mass is 35.5. The van der Waals surface area contributed by atoms with Crippen LogP contribution in [0.4, 0.5) is 5.13 Å². The summed E-state index contributed by atoms with van der Waals surface area (Å²) in [5.74, 6) is 1.13. The molecule has 0 unspecified atom stereocenters. The zero-order valence-electron chi connectivity index (χ0n) is 18.9. The molecule has 34 heavy (non-hydrogen) atoms. The topological polar surface area (TPSA) is 77.3 Å². The molecule has 2 aromatic heterocycles. The molecule has 1 amide bonds. The van der Waals surface area contributed by atoms with Gasteiger partial charge in [-0.25, -0.2) is 4.98 Å². The third-order valence-electron chi connectivity index (χ3n) is 5.83. The molecule has 0 radical (unpaired) electrons. The van der Waals surface area contributed by atoms with Crippen molar-refractivity contribution in [3.8, 4) is 11.5 Å². The van der Waals surface area contributed by atoms with Crippen molar-refractivity contribution in [1.29, 1.82) is 0 Å².